The monoisotopic (exact) mass is 544 g/mol. The number of primary amides is 1. The van der Waals surface area contributed by atoms with Crippen LogP contribution >= 0.6 is 0 Å². The molecule has 1 unspecified atom stereocenters. The minimum absolute atomic E-state index is 0. The third-order valence-electron chi connectivity index (χ3n) is 4.15. The summed E-state index contributed by atoms with van der Waals surface area (Å²) in [6, 6.07) is 14.5. The third kappa shape index (κ3) is 15.7. The summed E-state index contributed by atoms with van der Waals surface area (Å²) in [5.74, 6) is -0.148. The topological polar surface area (TPSA) is 205 Å². The number of esters is 1. The Hall–Kier alpha value is -3.40. The number of ether oxygens (including phenoxy) is 2. The summed E-state index contributed by atoms with van der Waals surface area (Å²) in [6.45, 7) is 4.11. The number of hydrogen-bond acceptors (Lipinski definition) is 10. The van der Waals surface area contributed by atoms with E-state index in [1.54, 1.807) is 36.2 Å². The second-order valence-electron chi connectivity index (χ2n) is 7.17. The molecular formula is C23H33N6NaO8. The van der Waals surface area contributed by atoms with Gasteiger partial charge in [0, 0.05) is 13.1 Å². The van der Waals surface area contributed by atoms with Gasteiger partial charge < -0.3 is 36.1 Å². The number of carbonyl (C=O) groups excluding carboxylic acids is 4. The fourth-order valence-electron chi connectivity index (χ4n) is 2.59. The van der Waals surface area contributed by atoms with Crippen molar-refractivity contribution in [1.29, 1.82) is 0 Å². The van der Waals surface area contributed by atoms with Crippen molar-refractivity contribution < 1.29 is 38.9 Å². The van der Waals surface area contributed by atoms with E-state index in [0.717, 1.165) is 13.1 Å². The molecule has 0 radical (unpaired) electrons. The van der Waals surface area contributed by atoms with Crippen molar-refractivity contribution in [3.8, 4) is 11.5 Å². The van der Waals surface area contributed by atoms with Gasteiger partial charge in [-0.2, -0.15) is 0 Å². The number of benzene rings is 2. The maximum absolute atomic E-state index is 10.9. The van der Waals surface area contributed by atoms with Gasteiger partial charge >= 0.3 is 47.6 Å². The molecule has 15 heteroatoms. The molecule has 38 heavy (non-hydrogen) atoms. The van der Waals surface area contributed by atoms with Gasteiger partial charge in [-0.25, -0.2) is 19.4 Å². The van der Waals surface area contributed by atoms with Crippen molar-refractivity contribution in [2.24, 2.45) is 5.73 Å². The SMILES string of the molecule is CC(O)Oc1ccccc1.COC(=O)c1ccccc1O.NC(=O)NN1CCNC1.O=C1CNC(=O)N1.[NaH]. The van der Waals surface area contributed by atoms with Crippen molar-refractivity contribution in [3.63, 3.8) is 0 Å². The molecule has 2 fully saturated rings. The average molecular weight is 545 g/mol. The second kappa shape index (κ2) is 19.7. The summed E-state index contributed by atoms with van der Waals surface area (Å²) in [4.78, 5) is 41.1. The summed E-state index contributed by atoms with van der Waals surface area (Å²) < 4.78 is 9.39. The van der Waals surface area contributed by atoms with Crippen LogP contribution < -0.4 is 31.8 Å². The number of aromatic hydroxyl groups is 1. The molecule has 2 saturated heterocycles. The van der Waals surface area contributed by atoms with E-state index in [9.17, 15) is 19.2 Å². The number of carbonyl (C=O) groups is 4. The molecule has 14 nitrogen and oxygen atoms in total. The number of phenolic OH excluding ortho intramolecular Hbond substituents is 1. The van der Waals surface area contributed by atoms with E-state index in [0.29, 0.717) is 12.4 Å². The van der Waals surface area contributed by atoms with Gasteiger partial charge in [-0.3, -0.25) is 15.5 Å². The molecule has 0 aromatic heterocycles. The molecule has 0 bridgehead atoms. The number of nitrogens with zero attached hydrogens (tertiary/aromatic N) is 1. The Labute approximate surface area is 242 Å². The van der Waals surface area contributed by atoms with Crippen LogP contribution in [0.2, 0.25) is 0 Å². The van der Waals surface area contributed by atoms with Gasteiger partial charge in [0.2, 0.25) is 5.91 Å². The predicted molar refractivity (Wildman–Crippen MR) is 139 cm³/mol. The van der Waals surface area contributed by atoms with Gasteiger partial charge in [0.1, 0.15) is 17.1 Å². The van der Waals surface area contributed by atoms with Crippen LogP contribution in [-0.2, 0) is 9.53 Å². The molecule has 0 saturated carbocycles. The predicted octanol–water partition coefficient (Wildman–Crippen LogP) is -0.808. The van der Waals surface area contributed by atoms with Crippen LogP contribution in [0.15, 0.2) is 54.6 Å². The maximum atomic E-state index is 10.9. The standard InChI is InChI=1S/C8H8O3.C8H10O2.C4H10N4O.C3H4N2O2.Na.H/c1-11-8(10)6-4-2-3-5-7(6)9;1-7(9)10-8-5-3-2-4-6-8;5-4(9)7-8-2-1-6-3-8;6-2-1-4-3(7)5-2;;/h2-5,9H,1H3;2-7,9H,1H3;6H,1-3H2,(H3,5,7,9);1H2,(H2,4,5,6,7);;. The molecule has 1 atom stereocenters. The number of amides is 5. The van der Waals surface area contributed by atoms with E-state index < -0.39 is 24.3 Å². The molecule has 0 spiro atoms. The van der Waals surface area contributed by atoms with E-state index in [2.05, 4.69) is 20.8 Å². The summed E-state index contributed by atoms with van der Waals surface area (Å²) in [6.07, 6.45) is -0.734. The van der Waals surface area contributed by atoms with E-state index in [1.807, 2.05) is 23.5 Å². The average Bonchev–Trinajstić information content (AvgIpc) is 3.51. The number of nitrogens with two attached hydrogens (primary N) is 1. The van der Waals surface area contributed by atoms with E-state index in [1.165, 1.54) is 19.2 Å². The number of para-hydroxylation sites is 2. The first-order valence-electron chi connectivity index (χ1n) is 11.0. The van der Waals surface area contributed by atoms with Crippen molar-refractivity contribution >= 4 is 53.5 Å². The van der Waals surface area contributed by atoms with Crippen LogP contribution in [-0.4, -0.2) is 108 Å². The van der Waals surface area contributed by atoms with Crippen LogP contribution in [0.3, 0.4) is 0 Å². The normalized spacial score (nSPS) is 14.2. The molecule has 204 valence electrons. The summed E-state index contributed by atoms with van der Waals surface area (Å²) in [5, 5.41) is 27.0. The van der Waals surface area contributed by atoms with Gasteiger partial charge in [-0.1, -0.05) is 30.3 Å². The van der Waals surface area contributed by atoms with Crippen molar-refractivity contribution in [2.45, 2.75) is 13.2 Å². The zero-order chi connectivity index (χ0) is 27.6. The Morgan fingerprint density at radius 1 is 1.11 bits per heavy atom. The third-order valence-corrected chi connectivity index (χ3v) is 4.15. The number of hydrogen-bond donors (Lipinski definition) is 7. The van der Waals surface area contributed by atoms with E-state index in [4.69, 9.17) is 20.7 Å². The van der Waals surface area contributed by atoms with Crippen LogP contribution in [0.25, 0.3) is 0 Å². The number of aliphatic hydroxyl groups is 1. The Morgan fingerprint density at radius 2 is 1.74 bits per heavy atom. The molecule has 2 aromatic rings. The molecular weight excluding hydrogens is 511 g/mol. The Morgan fingerprint density at radius 3 is 2.16 bits per heavy atom. The number of phenols is 1. The van der Waals surface area contributed by atoms with Crippen LogP contribution in [0.4, 0.5) is 9.59 Å². The van der Waals surface area contributed by atoms with Gasteiger partial charge in [0.15, 0.2) is 6.29 Å². The second-order valence-corrected chi connectivity index (χ2v) is 7.17. The van der Waals surface area contributed by atoms with E-state index >= 15 is 0 Å². The Bertz CT molecular complexity index is 992. The van der Waals surface area contributed by atoms with Crippen LogP contribution in [0, 0.1) is 0 Å². The van der Waals surface area contributed by atoms with Crippen LogP contribution in [0.5, 0.6) is 11.5 Å². The Balaban J connectivity index is 0.000000481. The molecule has 5 amide bonds. The van der Waals surface area contributed by atoms with Gasteiger partial charge in [0.25, 0.3) is 0 Å². The fourth-order valence-corrected chi connectivity index (χ4v) is 2.59. The molecule has 8 N–H and O–H groups in total. The first-order chi connectivity index (χ1) is 17.6. The van der Waals surface area contributed by atoms with Crippen LogP contribution in [0.1, 0.15) is 17.3 Å². The molecule has 2 heterocycles. The minimum atomic E-state index is -0.734. The molecule has 4 rings (SSSR count). The fraction of sp³-hybridized carbons (Fsp3) is 0.304. The van der Waals surface area contributed by atoms with Gasteiger partial charge in [-0.15, -0.1) is 0 Å². The number of rotatable bonds is 4. The quantitative estimate of drug-likeness (QED) is 0.110. The zero-order valence-corrected chi connectivity index (χ0v) is 20.5. The molecule has 0 aliphatic carbocycles. The van der Waals surface area contributed by atoms with Crippen molar-refractivity contribution in [3.05, 3.63) is 60.2 Å². The first kappa shape index (κ1) is 34.6. The number of imide groups is 1. The molecule has 2 aromatic carbocycles. The Kier molecular flexibility index (Phi) is 17.9. The summed E-state index contributed by atoms with van der Waals surface area (Å²) in [7, 11) is 1.27. The van der Waals surface area contributed by atoms with Crippen molar-refractivity contribution in [2.75, 3.05) is 33.4 Å². The number of nitrogens with one attached hydrogen (secondary N) is 4. The molecule has 2 aliphatic rings. The van der Waals surface area contributed by atoms with Gasteiger partial charge in [0.05, 0.1) is 20.3 Å². The first-order valence-corrected chi connectivity index (χ1v) is 11.0. The zero-order valence-electron chi connectivity index (χ0n) is 20.5. The number of aliphatic hydroxyl groups excluding tert-OH is 1. The van der Waals surface area contributed by atoms with Gasteiger partial charge in [-0.05, 0) is 31.2 Å². The summed E-state index contributed by atoms with van der Waals surface area (Å²) >= 11 is 0. The van der Waals surface area contributed by atoms with E-state index in [-0.39, 0.29) is 53.3 Å². The number of urea groups is 2. The molecule has 2 aliphatic heterocycles. The van der Waals surface area contributed by atoms with Crippen molar-refractivity contribution in [1.82, 2.24) is 26.4 Å². The number of methoxy groups -OCH3 is 1. The number of hydrazine groups is 1. The summed E-state index contributed by atoms with van der Waals surface area (Å²) in [5.41, 5.74) is 7.49.